The molecule has 0 amide bonds. The van der Waals surface area contributed by atoms with Gasteiger partial charge in [-0.05, 0) is 36.2 Å². The van der Waals surface area contributed by atoms with Crippen molar-refractivity contribution in [3.05, 3.63) is 23.3 Å². The van der Waals surface area contributed by atoms with Crippen LogP contribution in [0.1, 0.15) is 38.6 Å². The maximum Gasteiger partial charge on any atom is 0.191 e. The van der Waals surface area contributed by atoms with Gasteiger partial charge in [0.25, 0.3) is 0 Å². The average molecular weight is 262 g/mol. The van der Waals surface area contributed by atoms with Gasteiger partial charge in [0.1, 0.15) is 5.82 Å². The molecule has 0 bridgehead atoms. The molecule has 96 valence electrons. The fourth-order valence-corrected chi connectivity index (χ4v) is 3.25. The Bertz CT molecular complexity index is 515. The fraction of sp³-hybridized carbons (Fsp3) is 0.538. The molecular formula is C13H18N4S. The van der Waals surface area contributed by atoms with Gasteiger partial charge in [0.2, 0.25) is 0 Å². The number of aromatic nitrogens is 3. The largest absolute Gasteiger partial charge is 0.307 e. The fourth-order valence-electron chi connectivity index (χ4n) is 2.60. The highest BCUT2D eigenvalue weighted by molar-refractivity contribution is 7.13. The quantitative estimate of drug-likeness (QED) is 0.875. The summed E-state index contributed by atoms with van der Waals surface area (Å²) in [5.74, 6) is 1.77. The molecule has 0 aliphatic carbocycles. The molecule has 4 nitrogen and oxygen atoms in total. The molecule has 1 saturated heterocycles. The van der Waals surface area contributed by atoms with Gasteiger partial charge in [-0.25, -0.2) is 4.98 Å². The second-order valence-corrected chi connectivity index (χ2v) is 6.45. The van der Waals surface area contributed by atoms with Crippen molar-refractivity contribution in [2.24, 2.45) is 5.41 Å². The van der Waals surface area contributed by atoms with Crippen molar-refractivity contribution in [2.45, 2.75) is 32.7 Å². The van der Waals surface area contributed by atoms with Gasteiger partial charge in [-0.2, -0.15) is 5.10 Å². The number of rotatable bonds is 2. The third-order valence-electron chi connectivity index (χ3n) is 3.65. The van der Waals surface area contributed by atoms with E-state index in [0.29, 0.717) is 0 Å². The summed E-state index contributed by atoms with van der Waals surface area (Å²) < 4.78 is 0. The van der Waals surface area contributed by atoms with Crippen LogP contribution in [-0.2, 0) is 0 Å². The molecule has 1 fully saturated rings. The monoisotopic (exact) mass is 262 g/mol. The SMILES string of the molecule is CC1(C)CCCNC1c1nc(-c2cccs2)n[nH]1. The number of nitrogens with zero attached hydrogens (tertiary/aromatic N) is 2. The predicted molar refractivity (Wildman–Crippen MR) is 73.5 cm³/mol. The van der Waals surface area contributed by atoms with Crippen LogP contribution in [0.5, 0.6) is 0 Å². The normalized spacial score (nSPS) is 23.1. The number of aromatic amines is 1. The first kappa shape index (κ1) is 11.9. The molecule has 3 heterocycles. The third-order valence-corrected chi connectivity index (χ3v) is 4.51. The maximum absolute atomic E-state index is 4.65. The Balaban J connectivity index is 1.89. The lowest BCUT2D eigenvalue weighted by atomic mass is 9.77. The Kier molecular flexibility index (Phi) is 2.95. The summed E-state index contributed by atoms with van der Waals surface area (Å²) in [6.07, 6.45) is 2.45. The summed E-state index contributed by atoms with van der Waals surface area (Å²) in [5.41, 5.74) is 0.227. The van der Waals surface area contributed by atoms with Crippen LogP contribution < -0.4 is 5.32 Å². The molecule has 1 aliphatic heterocycles. The number of hydrogen-bond donors (Lipinski definition) is 2. The standard InChI is InChI=1S/C13H18N4S/c1-13(2)6-4-7-14-10(13)12-15-11(16-17-12)9-5-3-8-18-9/h3,5,8,10,14H,4,6-7H2,1-2H3,(H,15,16,17). The summed E-state index contributed by atoms with van der Waals surface area (Å²) in [4.78, 5) is 5.77. The third kappa shape index (κ3) is 2.08. The molecule has 0 spiro atoms. The van der Waals surface area contributed by atoms with Crippen LogP contribution in [0.4, 0.5) is 0 Å². The van der Waals surface area contributed by atoms with E-state index in [1.807, 2.05) is 11.4 Å². The van der Waals surface area contributed by atoms with Gasteiger partial charge in [-0.1, -0.05) is 19.9 Å². The van der Waals surface area contributed by atoms with Gasteiger partial charge >= 0.3 is 0 Å². The first-order chi connectivity index (χ1) is 8.67. The first-order valence-corrected chi connectivity index (χ1v) is 7.24. The van der Waals surface area contributed by atoms with Crippen LogP contribution in [-0.4, -0.2) is 21.7 Å². The summed E-state index contributed by atoms with van der Waals surface area (Å²) in [7, 11) is 0. The minimum Gasteiger partial charge on any atom is -0.307 e. The second-order valence-electron chi connectivity index (χ2n) is 5.50. The lowest BCUT2D eigenvalue weighted by Crippen LogP contribution is -2.40. The molecule has 0 radical (unpaired) electrons. The Hall–Kier alpha value is -1.20. The number of H-pyrrole nitrogens is 1. The van der Waals surface area contributed by atoms with Gasteiger partial charge < -0.3 is 5.32 Å². The molecule has 0 saturated carbocycles. The van der Waals surface area contributed by atoms with Gasteiger partial charge in [-0.3, -0.25) is 5.10 Å². The Morgan fingerprint density at radius 3 is 3.06 bits per heavy atom. The molecule has 5 heteroatoms. The van der Waals surface area contributed by atoms with Crippen molar-refractivity contribution in [1.29, 1.82) is 0 Å². The van der Waals surface area contributed by atoms with E-state index in [4.69, 9.17) is 0 Å². The van der Waals surface area contributed by atoms with Crippen molar-refractivity contribution in [2.75, 3.05) is 6.54 Å². The highest BCUT2D eigenvalue weighted by Gasteiger charge is 2.35. The van der Waals surface area contributed by atoms with Gasteiger partial charge in [0, 0.05) is 0 Å². The van der Waals surface area contributed by atoms with E-state index in [1.165, 1.54) is 12.8 Å². The highest BCUT2D eigenvalue weighted by atomic mass is 32.1. The van der Waals surface area contributed by atoms with Crippen LogP contribution in [0.25, 0.3) is 10.7 Å². The van der Waals surface area contributed by atoms with Crippen molar-refractivity contribution < 1.29 is 0 Å². The zero-order chi connectivity index (χ0) is 12.6. The number of hydrogen-bond acceptors (Lipinski definition) is 4. The van der Waals surface area contributed by atoms with Gasteiger partial charge in [0.05, 0.1) is 10.9 Å². The Labute approximate surface area is 111 Å². The van der Waals surface area contributed by atoms with Gasteiger partial charge in [-0.15, -0.1) is 11.3 Å². The lowest BCUT2D eigenvalue weighted by molar-refractivity contribution is 0.174. The van der Waals surface area contributed by atoms with Crippen molar-refractivity contribution in [3.8, 4) is 10.7 Å². The molecule has 2 aromatic rings. The van der Waals surface area contributed by atoms with E-state index in [0.717, 1.165) is 23.1 Å². The Morgan fingerprint density at radius 2 is 2.33 bits per heavy atom. The second kappa shape index (κ2) is 4.48. The van der Waals surface area contributed by atoms with E-state index in [2.05, 4.69) is 40.4 Å². The first-order valence-electron chi connectivity index (χ1n) is 6.36. The molecule has 2 N–H and O–H groups in total. The average Bonchev–Trinajstić information content (AvgIpc) is 2.99. The highest BCUT2D eigenvalue weighted by Crippen LogP contribution is 2.39. The lowest BCUT2D eigenvalue weighted by Gasteiger charge is -2.37. The molecule has 3 rings (SSSR count). The number of nitrogens with one attached hydrogen (secondary N) is 2. The summed E-state index contributed by atoms with van der Waals surface area (Å²) >= 11 is 1.67. The van der Waals surface area contributed by atoms with E-state index in [-0.39, 0.29) is 11.5 Å². The Morgan fingerprint density at radius 1 is 1.44 bits per heavy atom. The van der Waals surface area contributed by atoms with E-state index >= 15 is 0 Å². The van der Waals surface area contributed by atoms with Crippen LogP contribution in [0.15, 0.2) is 17.5 Å². The maximum atomic E-state index is 4.65. The molecule has 1 unspecified atom stereocenters. The van der Waals surface area contributed by atoms with Gasteiger partial charge in [0.15, 0.2) is 5.82 Å². The van der Waals surface area contributed by atoms with Crippen molar-refractivity contribution in [1.82, 2.24) is 20.5 Å². The summed E-state index contributed by atoms with van der Waals surface area (Å²) in [6, 6.07) is 4.35. The minimum absolute atomic E-state index is 0.227. The van der Waals surface area contributed by atoms with E-state index < -0.39 is 0 Å². The molecule has 18 heavy (non-hydrogen) atoms. The van der Waals surface area contributed by atoms with Crippen LogP contribution in [0, 0.1) is 5.41 Å². The van der Waals surface area contributed by atoms with E-state index in [1.54, 1.807) is 11.3 Å². The van der Waals surface area contributed by atoms with Crippen LogP contribution >= 0.6 is 11.3 Å². The molecule has 0 aromatic carbocycles. The number of thiophene rings is 1. The molecule has 1 atom stereocenters. The topological polar surface area (TPSA) is 53.6 Å². The van der Waals surface area contributed by atoms with Crippen LogP contribution in [0.2, 0.25) is 0 Å². The van der Waals surface area contributed by atoms with Crippen molar-refractivity contribution in [3.63, 3.8) is 0 Å². The predicted octanol–water partition coefficient (Wildman–Crippen LogP) is 2.98. The van der Waals surface area contributed by atoms with E-state index in [9.17, 15) is 0 Å². The summed E-state index contributed by atoms with van der Waals surface area (Å²) in [5, 5.41) is 13.0. The molecule has 2 aromatic heterocycles. The van der Waals surface area contributed by atoms with Crippen LogP contribution in [0.3, 0.4) is 0 Å². The zero-order valence-corrected chi connectivity index (χ0v) is 11.5. The minimum atomic E-state index is 0.227. The smallest absolute Gasteiger partial charge is 0.191 e. The molecular weight excluding hydrogens is 244 g/mol. The zero-order valence-electron chi connectivity index (χ0n) is 10.7. The van der Waals surface area contributed by atoms with Crippen molar-refractivity contribution >= 4 is 11.3 Å². The molecule has 1 aliphatic rings. The number of piperidine rings is 1. The summed E-state index contributed by atoms with van der Waals surface area (Å²) in [6.45, 7) is 5.64.